The van der Waals surface area contributed by atoms with E-state index in [0.29, 0.717) is 0 Å². The first-order chi connectivity index (χ1) is 7.65. The summed E-state index contributed by atoms with van der Waals surface area (Å²) in [6.45, 7) is 0. The number of hydrogen-bond acceptors (Lipinski definition) is 3. The molecule has 1 unspecified atom stereocenters. The van der Waals surface area contributed by atoms with Crippen LogP contribution in [0.15, 0.2) is 42.5 Å². The van der Waals surface area contributed by atoms with E-state index in [1.807, 2.05) is 42.5 Å². The number of aldehydes is 1. The molecule has 0 saturated carbocycles. The maximum absolute atomic E-state index is 10.6. The standard InChI is InChI=1S/C11H8O.Na.H2O3S.H/c12-8-10-6-3-5-9-4-1-2-7-11(9)10;;1-4(2)3;/h1-8H;;(H2,1,2,3);/q;+1;;-1/p-1. The van der Waals surface area contributed by atoms with Gasteiger partial charge in [-0.05, 0) is 10.8 Å². The Morgan fingerprint density at radius 3 is 2.29 bits per heavy atom. The summed E-state index contributed by atoms with van der Waals surface area (Å²) < 4.78 is 24.1. The molecule has 1 N–H and O–H groups in total. The quantitative estimate of drug-likeness (QED) is 0.410. The van der Waals surface area contributed by atoms with Crippen molar-refractivity contribution < 1.29 is 49.1 Å². The molecule has 0 saturated heterocycles. The normalized spacial score (nSPS) is 10.7. The van der Waals surface area contributed by atoms with Crippen molar-refractivity contribution in [1.29, 1.82) is 0 Å². The molecular formula is C11H10NaO4S-. The molecule has 0 amide bonds. The van der Waals surface area contributed by atoms with Crippen molar-refractivity contribution in [3.8, 4) is 0 Å². The molecule has 1 atom stereocenters. The predicted molar refractivity (Wildman–Crippen MR) is 62.0 cm³/mol. The number of carbonyl (C=O) groups excluding carboxylic acids is 1. The smallest absolute Gasteiger partial charge is 1.00 e. The second kappa shape index (κ2) is 8.52. The Labute approximate surface area is 125 Å². The topological polar surface area (TPSA) is 77.4 Å². The van der Waals surface area contributed by atoms with Crippen molar-refractivity contribution in [2.24, 2.45) is 0 Å². The Kier molecular flexibility index (Phi) is 8.24. The molecule has 0 spiro atoms. The van der Waals surface area contributed by atoms with Crippen LogP contribution in [0.2, 0.25) is 0 Å². The van der Waals surface area contributed by atoms with Gasteiger partial charge >= 0.3 is 29.6 Å². The fraction of sp³-hybridized carbons (Fsp3) is 0. The molecule has 0 aliphatic carbocycles. The molecule has 6 heteroatoms. The van der Waals surface area contributed by atoms with Crippen molar-refractivity contribution in [1.82, 2.24) is 0 Å². The maximum atomic E-state index is 10.6. The molecule has 86 valence electrons. The Balaban J connectivity index is 0. The number of hydrogen-bond donors (Lipinski definition) is 1. The summed E-state index contributed by atoms with van der Waals surface area (Å²) in [6, 6.07) is 13.6. The van der Waals surface area contributed by atoms with Crippen LogP contribution in [0.25, 0.3) is 10.8 Å². The van der Waals surface area contributed by atoms with Gasteiger partial charge in [0.25, 0.3) is 0 Å². The Morgan fingerprint density at radius 2 is 1.71 bits per heavy atom. The zero-order chi connectivity index (χ0) is 12.0. The fourth-order valence-corrected chi connectivity index (χ4v) is 1.35. The number of fused-ring (bicyclic) bond motifs is 1. The molecule has 0 radical (unpaired) electrons. The third-order valence-corrected chi connectivity index (χ3v) is 1.95. The third kappa shape index (κ3) is 5.54. The van der Waals surface area contributed by atoms with Gasteiger partial charge in [0.1, 0.15) is 0 Å². The van der Waals surface area contributed by atoms with Crippen LogP contribution in [0.3, 0.4) is 0 Å². The summed E-state index contributed by atoms with van der Waals surface area (Å²) in [5, 5.41) is 2.14. The summed E-state index contributed by atoms with van der Waals surface area (Å²) in [5.74, 6) is 0. The Bertz CT molecular complexity index is 512. The van der Waals surface area contributed by atoms with E-state index >= 15 is 0 Å². The second-order valence-electron chi connectivity index (χ2n) is 2.90. The van der Waals surface area contributed by atoms with Crippen LogP contribution in [0.1, 0.15) is 11.8 Å². The third-order valence-electron chi connectivity index (χ3n) is 1.95. The molecule has 0 heterocycles. The predicted octanol–water partition coefficient (Wildman–Crippen LogP) is -0.893. The van der Waals surface area contributed by atoms with E-state index in [1.54, 1.807) is 0 Å². The molecule has 2 aromatic rings. The molecule has 17 heavy (non-hydrogen) atoms. The van der Waals surface area contributed by atoms with Gasteiger partial charge in [-0.1, -0.05) is 42.5 Å². The molecule has 0 aliphatic rings. The van der Waals surface area contributed by atoms with Crippen LogP contribution in [0.4, 0.5) is 0 Å². The summed E-state index contributed by atoms with van der Waals surface area (Å²) in [5.41, 5.74) is 0.758. The Morgan fingerprint density at radius 1 is 1.18 bits per heavy atom. The van der Waals surface area contributed by atoms with Gasteiger partial charge in [-0.3, -0.25) is 4.79 Å². The van der Waals surface area contributed by atoms with Crippen LogP contribution in [-0.2, 0) is 11.4 Å². The number of rotatable bonds is 1. The monoisotopic (exact) mass is 261 g/mol. The van der Waals surface area contributed by atoms with Crippen molar-refractivity contribution in [3.63, 3.8) is 0 Å². The molecular weight excluding hydrogens is 251 g/mol. The SMILES string of the molecule is O=Cc1cccc2ccccc12.O=S([O-])O.[H-].[Na+]. The van der Waals surface area contributed by atoms with Crippen molar-refractivity contribution in [3.05, 3.63) is 48.0 Å². The van der Waals surface area contributed by atoms with Crippen LogP contribution < -0.4 is 29.6 Å². The van der Waals surface area contributed by atoms with E-state index in [-0.39, 0.29) is 31.0 Å². The fourth-order valence-electron chi connectivity index (χ4n) is 1.35. The maximum Gasteiger partial charge on any atom is 1.00 e. The molecule has 0 aromatic heterocycles. The van der Waals surface area contributed by atoms with Gasteiger partial charge in [0, 0.05) is 5.56 Å². The number of benzene rings is 2. The van der Waals surface area contributed by atoms with Gasteiger partial charge in [-0.25, -0.2) is 4.21 Å². The summed E-state index contributed by atoms with van der Waals surface area (Å²) in [4.78, 5) is 10.6. The van der Waals surface area contributed by atoms with Crippen molar-refractivity contribution in [2.75, 3.05) is 0 Å². The number of carbonyl (C=O) groups is 1. The summed E-state index contributed by atoms with van der Waals surface area (Å²) in [6.07, 6.45) is 0.891. The van der Waals surface area contributed by atoms with Crippen LogP contribution in [0.5, 0.6) is 0 Å². The van der Waals surface area contributed by atoms with Gasteiger partial charge in [0.2, 0.25) is 0 Å². The van der Waals surface area contributed by atoms with E-state index in [4.69, 9.17) is 13.3 Å². The average Bonchev–Trinajstić information content (AvgIpc) is 2.27. The molecule has 4 nitrogen and oxygen atoms in total. The molecule has 2 aromatic carbocycles. The Hall–Kier alpha value is -0.560. The van der Waals surface area contributed by atoms with Gasteiger partial charge in [0.05, 0.1) is 11.4 Å². The van der Waals surface area contributed by atoms with Crippen LogP contribution in [0, 0.1) is 0 Å². The summed E-state index contributed by atoms with van der Waals surface area (Å²) >= 11 is -2.86. The van der Waals surface area contributed by atoms with E-state index in [9.17, 15) is 4.79 Å². The first-order valence-electron chi connectivity index (χ1n) is 4.36. The molecule has 0 aliphatic heterocycles. The van der Waals surface area contributed by atoms with Crippen LogP contribution >= 0.6 is 0 Å². The zero-order valence-corrected chi connectivity index (χ0v) is 12.0. The molecule has 0 fully saturated rings. The minimum Gasteiger partial charge on any atom is -1.00 e. The minimum atomic E-state index is -2.86. The molecule has 0 bridgehead atoms. The zero-order valence-electron chi connectivity index (χ0n) is 10.2. The first-order valence-corrected chi connectivity index (χ1v) is 5.39. The van der Waals surface area contributed by atoms with Crippen LogP contribution in [-0.4, -0.2) is 19.6 Å². The summed E-state index contributed by atoms with van der Waals surface area (Å²) in [7, 11) is 0. The van der Waals surface area contributed by atoms with E-state index < -0.39 is 11.4 Å². The van der Waals surface area contributed by atoms with Gasteiger partial charge < -0.3 is 10.5 Å². The van der Waals surface area contributed by atoms with E-state index in [2.05, 4.69) is 0 Å². The van der Waals surface area contributed by atoms with Gasteiger partial charge in [0.15, 0.2) is 6.29 Å². The second-order valence-corrected chi connectivity index (χ2v) is 3.34. The van der Waals surface area contributed by atoms with E-state index in [0.717, 1.165) is 22.6 Å². The largest absolute Gasteiger partial charge is 1.00 e. The van der Waals surface area contributed by atoms with Crippen molar-refractivity contribution in [2.45, 2.75) is 0 Å². The first kappa shape index (κ1) is 16.4. The van der Waals surface area contributed by atoms with Gasteiger partial charge in [-0.15, -0.1) is 0 Å². The van der Waals surface area contributed by atoms with E-state index in [1.165, 1.54) is 0 Å². The van der Waals surface area contributed by atoms with Crippen molar-refractivity contribution >= 4 is 28.4 Å². The van der Waals surface area contributed by atoms with Gasteiger partial charge in [-0.2, -0.15) is 0 Å². The molecule has 2 rings (SSSR count). The average molecular weight is 261 g/mol. The minimum absolute atomic E-state index is 0.